The van der Waals surface area contributed by atoms with Gasteiger partial charge in [0.1, 0.15) is 10.8 Å². The average molecular weight is 446 g/mol. The van der Waals surface area contributed by atoms with E-state index in [1.807, 2.05) is 11.0 Å². The first-order valence-corrected chi connectivity index (χ1v) is 11.8. The molecule has 0 spiro atoms. The molecule has 2 aromatic rings. The Bertz CT molecular complexity index is 907. The topological polar surface area (TPSA) is 78.4 Å². The molecule has 0 bridgehead atoms. The fourth-order valence-electron chi connectivity index (χ4n) is 4.26. The number of halogens is 1. The van der Waals surface area contributed by atoms with Gasteiger partial charge in [-0.2, -0.15) is 0 Å². The third kappa shape index (κ3) is 5.58. The van der Waals surface area contributed by atoms with E-state index in [4.69, 9.17) is 0 Å². The fourth-order valence-corrected chi connectivity index (χ4v) is 5.19. The minimum absolute atomic E-state index is 0.0523. The Balaban J connectivity index is 1.20. The number of aromatic nitrogens is 2. The predicted molar refractivity (Wildman–Crippen MR) is 119 cm³/mol. The third-order valence-corrected chi connectivity index (χ3v) is 7.03. The largest absolute Gasteiger partial charge is 0.366 e. The molecule has 2 heterocycles. The molecule has 1 aliphatic carbocycles. The van der Waals surface area contributed by atoms with Gasteiger partial charge in [0.15, 0.2) is 0 Å². The number of carbonyl (C=O) groups is 2. The minimum atomic E-state index is -0.248. The number of nitrogens with zero attached hydrogens (tertiary/aromatic N) is 4. The summed E-state index contributed by atoms with van der Waals surface area (Å²) in [5, 5.41) is 12.6. The van der Waals surface area contributed by atoms with Gasteiger partial charge in [-0.1, -0.05) is 42.7 Å². The number of piperazine rings is 1. The summed E-state index contributed by atoms with van der Waals surface area (Å²) in [7, 11) is 0. The molecule has 0 atom stereocenters. The molecule has 31 heavy (non-hydrogen) atoms. The molecule has 166 valence electrons. The summed E-state index contributed by atoms with van der Waals surface area (Å²) < 4.78 is 14.0. The third-order valence-electron chi connectivity index (χ3n) is 6.03. The summed E-state index contributed by atoms with van der Waals surface area (Å²) in [5.41, 5.74) is 0.568. The Morgan fingerprint density at radius 1 is 1.03 bits per heavy atom. The number of rotatable bonds is 6. The summed E-state index contributed by atoms with van der Waals surface area (Å²) >= 11 is 1.44. The summed E-state index contributed by atoms with van der Waals surface area (Å²) in [6, 6.07) is 6.68. The van der Waals surface area contributed by atoms with Crippen LogP contribution in [0.25, 0.3) is 0 Å². The lowest BCUT2D eigenvalue weighted by Gasteiger charge is -2.36. The van der Waals surface area contributed by atoms with Gasteiger partial charge in [-0.25, -0.2) is 4.39 Å². The average Bonchev–Trinajstić information content (AvgIpc) is 3.27. The zero-order chi connectivity index (χ0) is 21.6. The number of nitrogens with one attached hydrogen (secondary N) is 1. The van der Waals surface area contributed by atoms with Crippen LogP contribution in [0.5, 0.6) is 0 Å². The Morgan fingerprint density at radius 2 is 1.77 bits per heavy atom. The van der Waals surface area contributed by atoms with Gasteiger partial charge in [-0.15, -0.1) is 10.2 Å². The highest BCUT2D eigenvalue weighted by Gasteiger charge is 2.24. The second kappa shape index (κ2) is 10.2. The molecule has 2 amide bonds. The Kier molecular flexibility index (Phi) is 7.11. The van der Waals surface area contributed by atoms with Crippen LogP contribution in [-0.4, -0.2) is 53.1 Å². The van der Waals surface area contributed by atoms with Gasteiger partial charge in [-0.3, -0.25) is 9.59 Å². The van der Waals surface area contributed by atoms with Crippen LogP contribution in [0.15, 0.2) is 24.3 Å². The van der Waals surface area contributed by atoms with Gasteiger partial charge in [0.2, 0.25) is 16.9 Å². The van der Waals surface area contributed by atoms with Crippen LogP contribution >= 0.6 is 11.3 Å². The van der Waals surface area contributed by atoms with E-state index in [1.165, 1.54) is 36.7 Å². The van der Waals surface area contributed by atoms with E-state index in [0.717, 1.165) is 17.8 Å². The van der Waals surface area contributed by atoms with Gasteiger partial charge < -0.3 is 15.1 Å². The first-order chi connectivity index (χ1) is 15.1. The van der Waals surface area contributed by atoms with Crippen LogP contribution < -0.4 is 10.2 Å². The van der Waals surface area contributed by atoms with Gasteiger partial charge in [-0.05, 0) is 25.0 Å². The van der Waals surface area contributed by atoms with Crippen molar-refractivity contribution in [2.45, 2.75) is 50.9 Å². The molecule has 0 radical (unpaired) electrons. The van der Waals surface area contributed by atoms with Crippen LogP contribution in [0.4, 0.5) is 15.2 Å². The Morgan fingerprint density at radius 3 is 2.52 bits per heavy atom. The number of amides is 2. The van der Waals surface area contributed by atoms with Gasteiger partial charge in [0.05, 0.1) is 5.69 Å². The van der Waals surface area contributed by atoms with Crippen molar-refractivity contribution in [3.05, 3.63) is 35.1 Å². The molecule has 9 heteroatoms. The second-order valence-corrected chi connectivity index (χ2v) is 9.16. The van der Waals surface area contributed by atoms with Crippen molar-refractivity contribution >= 4 is 34.0 Å². The number of carbonyl (C=O) groups excluding carboxylic acids is 2. The van der Waals surface area contributed by atoms with E-state index >= 15 is 0 Å². The first kappa shape index (κ1) is 21.7. The normalized spacial score (nSPS) is 17.6. The summed E-state index contributed by atoms with van der Waals surface area (Å²) in [6.07, 6.45) is 6.28. The Hall–Kier alpha value is -2.55. The van der Waals surface area contributed by atoms with Crippen molar-refractivity contribution in [1.82, 2.24) is 15.1 Å². The number of hydrogen-bond donors (Lipinski definition) is 1. The molecule has 1 saturated carbocycles. The fraction of sp³-hybridized carbons (Fsp3) is 0.545. The van der Waals surface area contributed by atoms with Crippen LogP contribution in [-0.2, 0) is 9.59 Å². The maximum absolute atomic E-state index is 14.0. The van der Waals surface area contributed by atoms with Crippen molar-refractivity contribution in [2.75, 3.05) is 36.4 Å². The van der Waals surface area contributed by atoms with Crippen molar-refractivity contribution < 1.29 is 14.0 Å². The van der Waals surface area contributed by atoms with Crippen molar-refractivity contribution in [3.8, 4) is 0 Å². The molecular weight excluding hydrogens is 417 g/mol. The number of anilines is 2. The predicted octanol–water partition coefficient (Wildman–Crippen LogP) is 3.79. The SMILES string of the molecule is O=C(CCC(=O)N1CCN(c2ccccc2F)CC1)Nc1nnc(C2CCCCC2)s1. The maximum Gasteiger partial charge on any atom is 0.226 e. The van der Waals surface area contributed by atoms with Crippen LogP contribution in [0.3, 0.4) is 0 Å². The maximum atomic E-state index is 14.0. The number of benzene rings is 1. The van der Waals surface area contributed by atoms with E-state index in [9.17, 15) is 14.0 Å². The molecule has 1 aliphatic heterocycles. The van der Waals surface area contributed by atoms with Crippen LogP contribution in [0.1, 0.15) is 55.9 Å². The van der Waals surface area contributed by atoms with Gasteiger partial charge in [0, 0.05) is 44.9 Å². The molecule has 7 nitrogen and oxygen atoms in total. The summed E-state index contributed by atoms with van der Waals surface area (Å²) in [6.45, 7) is 2.20. The second-order valence-electron chi connectivity index (χ2n) is 8.15. The van der Waals surface area contributed by atoms with Crippen LogP contribution in [0.2, 0.25) is 0 Å². The van der Waals surface area contributed by atoms with Crippen molar-refractivity contribution in [1.29, 1.82) is 0 Å². The van der Waals surface area contributed by atoms with Crippen molar-refractivity contribution in [3.63, 3.8) is 0 Å². The molecular formula is C22H28FN5O2S. The van der Waals surface area contributed by atoms with Crippen LogP contribution in [0, 0.1) is 5.82 Å². The monoisotopic (exact) mass is 445 g/mol. The van der Waals surface area contributed by atoms with Crippen molar-refractivity contribution in [2.24, 2.45) is 0 Å². The highest BCUT2D eigenvalue weighted by Crippen LogP contribution is 2.35. The quantitative estimate of drug-likeness (QED) is 0.732. The van der Waals surface area contributed by atoms with Gasteiger partial charge in [0.25, 0.3) is 0 Å². The van der Waals surface area contributed by atoms with E-state index in [1.54, 1.807) is 17.0 Å². The molecule has 1 N–H and O–H groups in total. The highest BCUT2D eigenvalue weighted by molar-refractivity contribution is 7.15. The lowest BCUT2D eigenvalue weighted by molar-refractivity contribution is -0.133. The number of para-hydroxylation sites is 1. The summed E-state index contributed by atoms with van der Waals surface area (Å²) in [4.78, 5) is 28.5. The molecule has 1 saturated heterocycles. The Labute approximate surface area is 185 Å². The van der Waals surface area contributed by atoms with E-state index < -0.39 is 0 Å². The van der Waals surface area contributed by atoms with E-state index in [0.29, 0.717) is 42.9 Å². The van der Waals surface area contributed by atoms with Gasteiger partial charge >= 0.3 is 0 Å². The molecule has 0 unspecified atom stereocenters. The molecule has 2 fully saturated rings. The lowest BCUT2D eigenvalue weighted by Crippen LogP contribution is -2.49. The zero-order valence-corrected chi connectivity index (χ0v) is 18.4. The molecule has 2 aliphatic rings. The highest BCUT2D eigenvalue weighted by atomic mass is 32.1. The number of hydrogen-bond acceptors (Lipinski definition) is 6. The molecule has 1 aromatic carbocycles. The summed E-state index contributed by atoms with van der Waals surface area (Å²) in [5.74, 6) is -0.0584. The standard InChI is InChI=1S/C22H28FN5O2S/c23-17-8-4-5-9-18(17)27-12-14-28(15-13-27)20(30)11-10-19(29)24-22-26-25-21(31-22)16-6-2-1-3-7-16/h4-5,8-9,16H,1-3,6-7,10-15H2,(H,24,26,29). The van der Waals surface area contributed by atoms with E-state index in [2.05, 4.69) is 15.5 Å². The zero-order valence-electron chi connectivity index (χ0n) is 17.6. The molecule has 1 aromatic heterocycles. The smallest absolute Gasteiger partial charge is 0.226 e. The minimum Gasteiger partial charge on any atom is -0.366 e. The molecule has 4 rings (SSSR count). The lowest BCUT2D eigenvalue weighted by atomic mass is 9.90. The first-order valence-electron chi connectivity index (χ1n) is 11.0. The van der Waals surface area contributed by atoms with E-state index in [-0.39, 0.29) is 30.5 Å².